The van der Waals surface area contributed by atoms with Crippen molar-refractivity contribution in [3.8, 4) is 0 Å². The summed E-state index contributed by atoms with van der Waals surface area (Å²) in [5, 5.41) is 2.71. The molecule has 0 bridgehead atoms. The van der Waals surface area contributed by atoms with Crippen molar-refractivity contribution in [2.24, 2.45) is 0 Å². The minimum atomic E-state index is -1.10. The molecule has 0 fully saturated rings. The van der Waals surface area contributed by atoms with Crippen molar-refractivity contribution >= 4 is 28.4 Å². The van der Waals surface area contributed by atoms with E-state index < -0.39 is 22.7 Å². The maximum atomic E-state index is 11.9. The van der Waals surface area contributed by atoms with Crippen molar-refractivity contribution in [2.75, 3.05) is 18.2 Å². The first-order chi connectivity index (χ1) is 11.4. The topological polar surface area (TPSA) is 72.5 Å². The van der Waals surface area contributed by atoms with Crippen LogP contribution < -0.4 is 5.32 Å². The zero-order valence-corrected chi connectivity index (χ0v) is 14.6. The summed E-state index contributed by atoms with van der Waals surface area (Å²) in [5.41, 5.74) is 3.05. The highest BCUT2D eigenvalue weighted by Crippen LogP contribution is 2.16. The number of esters is 1. The van der Waals surface area contributed by atoms with E-state index in [1.165, 1.54) is 12.1 Å². The van der Waals surface area contributed by atoms with Crippen LogP contribution in [0.25, 0.3) is 0 Å². The highest BCUT2D eigenvalue weighted by atomic mass is 32.2. The number of hydrogen-bond acceptors (Lipinski definition) is 4. The number of rotatable bonds is 5. The summed E-state index contributed by atoms with van der Waals surface area (Å²) in [5.74, 6) is -0.999. The van der Waals surface area contributed by atoms with Gasteiger partial charge in [0.05, 0.1) is 5.56 Å². The normalized spacial score (nSPS) is 11.6. The smallest absolute Gasteiger partial charge is 0.338 e. The Hall–Kier alpha value is -2.47. The average molecular weight is 345 g/mol. The standard InChI is InChI=1S/C18H19NO4S/c1-12-4-9-16(13(2)10-12)19-17(20)11-23-18(21)14-5-7-15(8-6-14)24(3)22/h4-10H,11H2,1-3H3,(H,19,20). The summed E-state index contributed by atoms with van der Waals surface area (Å²) in [7, 11) is -1.10. The molecule has 126 valence electrons. The van der Waals surface area contributed by atoms with E-state index in [1.807, 2.05) is 32.0 Å². The molecule has 1 N–H and O–H groups in total. The van der Waals surface area contributed by atoms with Crippen LogP contribution in [0.2, 0.25) is 0 Å². The molecule has 0 saturated carbocycles. The molecule has 0 spiro atoms. The highest BCUT2D eigenvalue weighted by Gasteiger charge is 2.11. The number of hydrogen-bond donors (Lipinski definition) is 1. The monoisotopic (exact) mass is 345 g/mol. The first-order valence-electron chi connectivity index (χ1n) is 7.34. The Bertz CT molecular complexity index is 784. The van der Waals surface area contributed by atoms with E-state index in [4.69, 9.17) is 4.74 Å². The quantitative estimate of drug-likeness (QED) is 0.846. The van der Waals surface area contributed by atoms with Gasteiger partial charge in [0.25, 0.3) is 5.91 Å². The molecule has 0 saturated heterocycles. The predicted octanol–water partition coefficient (Wildman–Crippen LogP) is 2.84. The largest absolute Gasteiger partial charge is 0.452 e. The van der Waals surface area contributed by atoms with Crippen molar-refractivity contribution < 1.29 is 18.5 Å². The van der Waals surface area contributed by atoms with Gasteiger partial charge in [-0.3, -0.25) is 9.00 Å². The SMILES string of the molecule is Cc1ccc(NC(=O)COC(=O)c2ccc(S(C)=O)cc2)c(C)c1. The summed E-state index contributed by atoms with van der Waals surface area (Å²) >= 11 is 0. The minimum absolute atomic E-state index is 0.309. The van der Waals surface area contributed by atoms with Crippen LogP contribution in [0.5, 0.6) is 0 Å². The molecule has 0 heterocycles. The third kappa shape index (κ3) is 4.76. The van der Waals surface area contributed by atoms with Gasteiger partial charge in [0.2, 0.25) is 0 Å². The zero-order valence-electron chi connectivity index (χ0n) is 13.8. The molecule has 1 atom stereocenters. The molecule has 1 amide bonds. The Morgan fingerprint density at radius 2 is 1.75 bits per heavy atom. The third-order valence-corrected chi connectivity index (χ3v) is 4.35. The fourth-order valence-electron chi connectivity index (χ4n) is 2.14. The lowest BCUT2D eigenvalue weighted by Gasteiger charge is -2.09. The number of carbonyl (C=O) groups excluding carboxylic acids is 2. The van der Waals surface area contributed by atoms with Gasteiger partial charge in [0.1, 0.15) is 0 Å². The van der Waals surface area contributed by atoms with Crippen LogP contribution in [0.15, 0.2) is 47.4 Å². The van der Waals surface area contributed by atoms with Gasteiger partial charge in [-0.15, -0.1) is 0 Å². The molecule has 2 aromatic carbocycles. The van der Waals surface area contributed by atoms with Crippen molar-refractivity contribution in [2.45, 2.75) is 18.7 Å². The molecule has 24 heavy (non-hydrogen) atoms. The lowest BCUT2D eigenvalue weighted by atomic mass is 10.1. The number of aryl methyl sites for hydroxylation is 2. The van der Waals surface area contributed by atoms with Crippen LogP contribution >= 0.6 is 0 Å². The summed E-state index contributed by atoms with van der Waals surface area (Å²) in [6.45, 7) is 3.50. The van der Waals surface area contributed by atoms with Gasteiger partial charge in [-0.05, 0) is 49.7 Å². The molecule has 6 heteroatoms. The Labute approximate surface area is 143 Å². The maximum Gasteiger partial charge on any atom is 0.338 e. The molecular formula is C18H19NO4S. The molecule has 0 aromatic heterocycles. The van der Waals surface area contributed by atoms with Crippen LogP contribution in [0.3, 0.4) is 0 Å². The van der Waals surface area contributed by atoms with E-state index >= 15 is 0 Å². The Morgan fingerprint density at radius 1 is 1.08 bits per heavy atom. The number of amides is 1. The molecule has 0 aliphatic rings. The fourth-order valence-corrected chi connectivity index (χ4v) is 2.66. The highest BCUT2D eigenvalue weighted by molar-refractivity contribution is 7.84. The fraction of sp³-hybridized carbons (Fsp3) is 0.222. The van der Waals surface area contributed by atoms with Crippen molar-refractivity contribution in [1.82, 2.24) is 0 Å². The average Bonchev–Trinajstić information content (AvgIpc) is 2.55. The summed E-state index contributed by atoms with van der Waals surface area (Å²) in [6, 6.07) is 11.9. The molecule has 5 nitrogen and oxygen atoms in total. The number of ether oxygens (including phenoxy) is 1. The molecule has 0 aliphatic heterocycles. The second kappa shape index (κ2) is 7.88. The first-order valence-corrected chi connectivity index (χ1v) is 8.90. The van der Waals surface area contributed by atoms with E-state index in [-0.39, 0.29) is 6.61 Å². The van der Waals surface area contributed by atoms with E-state index in [9.17, 15) is 13.8 Å². The van der Waals surface area contributed by atoms with Gasteiger partial charge in [-0.2, -0.15) is 0 Å². The van der Waals surface area contributed by atoms with Gasteiger partial charge < -0.3 is 10.1 Å². The maximum absolute atomic E-state index is 11.9. The van der Waals surface area contributed by atoms with Gasteiger partial charge in [0, 0.05) is 27.6 Å². The van der Waals surface area contributed by atoms with Crippen molar-refractivity contribution in [3.05, 3.63) is 59.2 Å². The zero-order chi connectivity index (χ0) is 17.7. The van der Waals surface area contributed by atoms with Crippen LogP contribution in [0.1, 0.15) is 21.5 Å². The number of benzene rings is 2. The van der Waals surface area contributed by atoms with Gasteiger partial charge >= 0.3 is 5.97 Å². The van der Waals surface area contributed by atoms with Crippen LogP contribution in [-0.4, -0.2) is 28.9 Å². The lowest BCUT2D eigenvalue weighted by Crippen LogP contribution is -2.21. The number of nitrogens with one attached hydrogen (secondary N) is 1. The minimum Gasteiger partial charge on any atom is -0.452 e. The van der Waals surface area contributed by atoms with Crippen LogP contribution in [-0.2, 0) is 20.3 Å². The first kappa shape index (κ1) is 17.9. The Kier molecular flexibility index (Phi) is 5.87. The van der Waals surface area contributed by atoms with E-state index in [0.29, 0.717) is 16.1 Å². The molecule has 1 unspecified atom stereocenters. The molecule has 0 radical (unpaired) electrons. The molecule has 2 aromatic rings. The predicted molar refractivity (Wildman–Crippen MR) is 93.6 cm³/mol. The summed E-state index contributed by atoms with van der Waals surface area (Å²) < 4.78 is 16.3. The van der Waals surface area contributed by atoms with Gasteiger partial charge in [0.15, 0.2) is 6.61 Å². The summed E-state index contributed by atoms with van der Waals surface area (Å²) in [6.07, 6.45) is 1.56. The number of anilines is 1. The molecule has 2 rings (SSSR count). The van der Waals surface area contributed by atoms with E-state index in [0.717, 1.165) is 11.1 Å². The van der Waals surface area contributed by atoms with E-state index in [1.54, 1.807) is 18.4 Å². The summed E-state index contributed by atoms with van der Waals surface area (Å²) in [4.78, 5) is 24.4. The van der Waals surface area contributed by atoms with Crippen molar-refractivity contribution in [3.63, 3.8) is 0 Å². The molecular weight excluding hydrogens is 326 g/mol. The lowest BCUT2D eigenvalue weighted by molar-refractivity contribution is -0.119. The van der Waals surface area contributed by atoms with Crippen molar-refractivity contribution in [1.29, 1.82) is 0 Å². The Balaban J connectivity index is 1.91. The Morgan fingerprint density at radius 3 is 2.33 bits per heavy atom. The second-order valence-corrected chi connectivity index (χ2v) is 6.80. The van der Waals surface area contributed by atoms with Crippen LogP contribution in [0.4, 0.5) is 5.69 Å². The molecule has 0 aliphatic carbocycles. The van der Waals surface area contributed by atoms with Gasteiger partial charge in [-0.25, -0.2) is 4.79 Å². The van der Waals surface area contributed by atoms with Crippen LogP contribution in [0, 0.1) is 13.8 Å². The van der Waals surface area contributed by atoms with E-state index in [2.05, 4.69) is 5.32 Å². The number of carbonyl (C=O) groups is 2. The third-order valence-electron chi connectivity index (χ3n) is 3.41. The van der Waals surface area contributed by atoms with Gasteiger partial charge in [-0.1, -0.05) is 17.7 Å². The second-order valence-electron chi connectivity index (χ2n) is 5.42.